The number of aryl methyl sites for hydroxylation is 1. The van der Waals surface area contributed by atoms with E-state index in [2.05, 4.69) is 63.5 Å². The molecule has 3 rings (SSSR count). The number of nitrogens with zero attached hydrogens (tertiary/aromatic N) is 4. The molecule has 0 aliphatic carbocycles. The minimum absolute atomic E-state index is 0.147. The highest BCUT2D eigenvalue weighted by molar-refractivity contribution is 6.30. The standard InChI is InChI=1S/C23H29ClN6/c1-3-22-29-27-17-30(22)16-15-26-23(28-18(2)20-7-5-4-6-8-20)25-14-13-19-9-11-21(24)12-10-19/h4-12,17-18H,3,13-16H2,1-2H3,(H2,25,26,28). The van der Waals surface area contributed by atoms with E-state index in [-0.39, 0.29) is 6.04 Å². The molecule has 1 atom stereocenters. The second-order valence-corrected chi connectivity index (χ2v) is 7.54. The molecule has 1 heterocycles. The first kappa shape index (κ1) is 21.8. The molecule has 0 aliphatic heterocycles. The number of aromatic nitrogens is 3. The summed E-state index contributed by atoms with van der Waals surface area (Å²) in [6.07, 6.45) is 3.50. The predicted molar refractivity (Wildman–Crippen MR) is 123 cm³/mol. The summed E-state index contributed by atoms with van der Waals surface area (Å²) in [5.74, 6) is 1.79. The van der Waals surface area contributed by atoms with Gasteiger partial charge in [-0.05, 0) is 36.6 Å². The SMILES string of the molecule is CCc1nncn1CCNC(=NCCc1ccc(Cl)cc1)NC(C)c1ccccc1. The Morgan fingerprint density at radius 2 is 1.90 bits per heavy atom. The van der Waals surface area contributed by atoms with E-state index in [1.54, 1.807) is 6.33 Å². The lowest BCUT2D eigenvalue weighted by atomic mass is 10.1. The summed E-state index contributed by atoms with van der Waals surface area (Å²) in [5.41, 5.74) is 2.44. The highest BCUT2D eigenvalue weighted by atomic mass is 35.5. The largest absolute Gasteiger partial charge is 0.355 e. The Hall–Kier alpha value is -2.86. The van der Waals surface area contributed by atoms with Crippen LogP contribution in [0.3, 0.4) is 0 Å². The number of nitrogens with one attached hydrogen (secondary N) is 2. The third-order valence-electron chi connectivity index (χ3n) is 4.89. The first-order valence-corrected chi connectivity index (χ1v) is 10.7. The van der Waals surface area contributed by atoms with Gasteiger partial charge < -0.3 is 15.2 Å². The molecule has 2 aromatic carbocycles. The minimum Gasteiger partial charge on any atom is -0.355 e. The van der Waals surface area contributed by atoms with E-state index in [1.165, 1.54) is 11.1 Å². The zero-order valence-electron chi connectivity index (χ0n) is 17.6. The average Bonchev–Trinajstić information content (AvgIpc) is 3.23. The molecule has 2 N–H and O–H groups in total. The van der Waals surface area contributed by atoms with Crippen molar-refractivity contribution >= 4 is 17.6 Å². The van der Waals surface area contributed by atoms with Crippen LogP contribution in [0.5, 0.6) is 0 Å². The van der Waals surface area contributed by atoms with Gasteiger partial charge in [0.2, 0.25) is 0 Å². The first-order chi connectivity index (χ1) is 14.7. The molecule has 1 unspecified atom stereocenters. The summed E-state index contributed by atoms with van der Waals surface area (Å²) in [6, 6.07) is 18.4. The molecular weight excluding hydrogens is 396 g/mol. The molecule has 0 radical (unpaired) electrons. The maximum Gasteiger partial charge on any atom is 0.191 e. The van der Waals surface area contributed by atoms with Crippen molar-refractivity contribution < 1.29 is 0 Å². The third-order valence-corrected chi connectivity index (χ3v) is 5.15. The number of hydrogen-bond donors (Lipinski definition) is 2. The normalized spacial score (nSPS) is 12.6. The van der Waals surface area contributed by atoms with Crippen molar-refractivity contribution in [3.63, 3.8) is 0 Å². The Morgan fingerprint density at radius 3 is 2.63 bits per heavy atom. The second kappa shape index (κ2) is 11.4. The zero-order valence-corrected chi connectivity index (χ0v) is 18.3. The molecular formula is C23H29ClN6. The number of benzene rings is 2. The van der Waals surface area contributed by atoms with Crippen molar-refractivity contribution in [3.8, 4) is 0 Å². The van der Waals surface area contributed by atoms with Gasteiger partial charge in [0, 0.05) is 31.1 Å². The molecule has 3 aromatic rings. The minimum atomic E-state index is 0.147. The van der Waals surface area contributed by atoms with E-state index >= 15 is 0 Å². The zero-order chi connectivity index (χ0) is 21.2. The van der Waals surface area contributed by atoms with E-state index in [0.29, 0.717) is 6.54 Å². The van der Waals surface area contributed by atoms with Crippen LogP contribution in [-0.2, 0) is 19.4 Å². The van der Waals surface area contributed by atoms with Crippen LogP contribution in [0.1, 0.15) is 36.8 Å². The van der Waals surface area contributed by atoms with Gasteiger partial charge in [-0.1, -0.05) is 61.0 Å². The van der Waals surface area contributed by atoms with Gasteiger partial charge >= 0.3 is 0 Å². The molecule has 6 nitrogen and oxygen atoms in total. The maximum absolute atomic E-state index is 5.97. The lowest BCUT2D eigenvalue weighted by Crippen LogP contribution is -2.40. The van der Waals surface area contributed by atoms with Crippen LogP contribution < -0.4 is 10.6 Å². The van der Waals surface area contributed by atoms with Crippen molar-refractivity contribution in [2.24, 2.45) is 4.99 Å². The Labute approximate surface area is 183 Å². The number of guanidine groups is 1. The summed E-state index contributed by atoms with van der Waals surface area (Å²) in [7, 11) is 0. The molecule has 0 amide bonds. The van der Waals surface area contributed by atoms with Crippen LogP contribution in [0, 0.1) is 0 Å². The number of rotatable bonds is 9. The van der Waals surface area contributed by atoms with Crippen molar-refractivity contribution in [2.75, 3.05) is 13.1 Å². The Bertz CT molecular complexity index is 920. The topological polar surface area (TPSA) is 67.1 Å². The monoisotopic (exact) mass is 424 g/mol. The number of hydrogen-bond acceptors (Lipinski definition) is 3. The van der Waals surface area contributed by atoms with Gasteiger partial charge in [-0.15, -0.1) is 10.2 Å². The summed E-state index contributed by atoms with van der Waals surface area (Å²) in [4.78, 5) is 4.79. The summed E-state index contributed by atoms with van der Waals surface area (Å²) in [6.45, 7) is 6.43. The highest BCUT2D eigenvalue weighted by Gasteiger charge is 2.08. The van der Waals surface area contributed by atoms with Crippen LogP contribution in [-0.4, -0.2) is 33.8 Å². The van der Waals surface area contributed by atoms with Gasteiger partial charge in [-0.25, -0.2) is 0 Å². The van der Waals surface area contributed by atoms with E-state index in [0.717, 1.165) is 42.7 Å². The fourth-order valence-corrected chi connectivity index (χ4v) is 3.29. The van der Waals surface area contributed by atoms with Crippen molar-refractivity contribution in [1.82, 2.24) is 25.4 Å². The van der Waals surface area contributed by atoms with Crippen LogP contribution in [0.15, 0.2) is 65.9 Å². The molecule has 0 spiro atoms. The first-order valence-electron chi connectivity index (χ1n) is 10.4. The smallest absolute Gasteiger partial charge is 0.191 e. The summed E-state index contributed by atoms with van der Waals surface area (Å²) in [5, 5.41) is 15.9. The second-order valence-electron chi connectivity index (χ2n) is 7.10. The quantitative estimate of drug-likeness (QED) is 0.402. The molecule has 0 fully saturated rings. The van der Waals surface area contributed by atoms with Crippen molar-refractivity contribution in [1.29, 1.82) is 0 Å². The maximum atomic E-state index is 5.97. The Kier molecular flexibility index (Phi) is 8.27. The van der Waals surface area contributed by atoms with Gasteiger partial charge in [0.05, 0.1) is 6.04 Å². The van der Waals surface area contributed by atoms with Crippen LogP contribution >= 0.6 is 11.6 Å². The van der Waals surface area contributed by atoms with Crippen molar-refractivity contribution in [2.45, 2.75) is 39.3 Å². The Balaban J connectivity index is 1.61. The van der Waals surface area contributed by atoms with E-state index in [1.807, 2.05) is 30.3 Å². The van der Waals surface area contributed by atoms with Gasteiger partial charge in [0.15, 0.2) is 5.96 Å². The molecule has 0 saturated heterocycles. The summed E-state index contributed by atoms with van der Waals surface area (Å²) >= 11 is 5.97. The third kappa shape index (κ3) is 6.59. The molecule has 0 bridgehead atoms. The highest BCUT2D eigenvalue weighted by Crippen LogP contribution is 2.11. The molecule has 0 aliphatic rings. The van der Waals surface area contributed by atoms with Gasteiger partial charge in [0.1, 0.15) is 12.2 Å². The molecule has 1 aromatic heterocycles. The fraction of sp³-hybridized carbons (Fsp3) is 0.348. The lowest BCUT2D eigenvalue weighted by molar-refractivity contribution is 0.619. The van der Waals surface area contributed by atoms with E-state index < -0.39 is 0 Å². The molecule has 30 heavy (non-hydrogen) atoms. The van der Waals surface area contributed by atoms with E-state index in [9.17, 15) is 0 Å². The number of halogens is 1. The number of aliphatic imine (C=N–C) groups is 1. The average molecular weight is 425 g/mol. The van der Waals surface area contributed by atoms with Gasteiger partial charge in [-0.2, -0.15) is 0 Å². The fourth-order valence-electron chi connectivity index (χ4n) is 3.16. The summed E-state index contributed by atoms with van der Waals surface area (Å²) < 4.78 is 2.07. The van der Waals surface area contributed by atoms with Crippen LogP contribution in [0.2, 0.25) is 5.02 Å². The van der Waals surface area contributed by atoms with Crippen LogP contribution in [0.4, 0.5) is 0 Å². The Morgan fingerprint density at radius 1 is 1.13 bits per heavy atom. The van der Waals surface area contributed by atoms with Crippen molar-refractivity contribution in [3.05, 3.63) is 82.9 Å². The van der Waals surface area contributed by atoms with Gasteiger partial charge in [0.25, 0.3) is 0 Å². The van der Waals surface area contributed by atoms with Gasteiger partial charge in [-0.3, -0.25) is 4.99 Å². The molecule has 7 heteroatoms. The van der Waals surface area contributed by atoms with Crippen LogP contribution in [0.25, 0.3) is 0 Å². The molecule has 158 valence electrons. The lowest BCUT2D eigenvalue weighted by Gasteiger charge is -2.19. The van der Waals surface area contributed by atoms with E-state index in [4.69, 9.17) is 16.6 Å². The molecule has 0 saturated carbocycles. The predicted octanol–water partition coefficient (Wildman–Crippen LogP) is 4.03.